The molecule has 268 valence electrons. The molecule has 11 aromatic carbocycles. The van der Waals surface area contributed by atoms with Gasteiger partial charge in [0, 0.05) is 16.3 Å². The molecule has 0 aliphatic heterocycles. The number of nitrogens with zero attached hydrogens (tertiary/aromatic N) is 1. The number of hydrogen-bond donors (Lipinski definition) is 0. The Morgan fingerprint density at radius 1 is 0.224 bits per heavy atom. The van der Waals surface area contributed by atoms with E-state index < -0.39 is 0 Å². The summed E-state index contributed by atoms with van der Waals surface area (Å²) in [7, 11) is 0. The lowest BCUT2D eigenvalue weighted by molar-refractivity contribution is 1.43. The Labute approximate surface area is 336 Å². The van der Waals surface area contributed by atoms with Crippen LogP contribution in [0, 0.1) is 0 Å². The van der Waals surface area contributed by atoms with Crippen LogP contribution in [0.2, 0.25) is 0 Å². The van der Waals surface area contributed by atoms with E-state index in [9.17, 15) is 0 Å². The average Bonchev–Trinajstić information content (AvgIpc) is 3.29. The maximum Gasteiger partial charge on any atom is 0.0788 e. The first-order valence-electron chi connectivity index (χ1n) is 20.0. The van der Waals surface area contributed by atoms with Crippen molar-refractivity contribution in [3.63, 3.8) is 0 Å². The fraction of sp³-hybridized carbons (Fsp3) is 0. The van der Waals surface area contributed by atoms with E-state index in [1.807, 2.05) is 0 Å². The van der Waals surface area contributed by atoms with Gasteiger partial charge in [-0.1, -0.05) is 176 Å². The highest BCUT2D eigenvalue weighted by Crippen LogP contribution is 2.46. The van der Waals surface area contributed by atoms with E-state index in [0.717, 1.165) is 16.8 Å². The molecule has 12 aromatic rings. The SMILES string of the molecule is c1ccc2cc(-c3c4ccccc4c(-c4ccc5ccccc5c4)c4cc(-c5ccc6cc(-c7nc8ccccc8c8ccccc78)ccc6c5)ccc34)ccc2c1. The highest BCUT2D eigenvalue weighted by atomic mass is 14.7. The summed E-state index contributed by atoms with van der Waals surface area (Å²) in [6, 6.07) is 77.9. The summed E-state index contributed by atoms with van der Waals surface area (Å²) in [6.07, 6.45) is 0. The van der Waals surface area contributed by atoms with Gasteiger partial charge in [0.25, 0.3) is 0 Å². The van der Waals surface area contributed by atoms with Crippen LogP contribution in [0.1, 0.15) is 0 Å². The van der Waals surface area contributed by atoms with Gasteiger partial charge < -0.3 is 0 Å². The Kier molecular flexibility index (Phi) is 7.30. The lowest BCUT2D eigenvalue weighted by Gasteiger charge is -2.19. The van der Waals surface area contributed by atoms with Crippen LogP contribution in [0.5, 0.6) is 0 Å². The van der Waals surface area contributed by atoms with Gasteiger partial charge >= 0.3 is 0 Å². The van der Waals surface area contributed by atoms with E-state index >= 15 is 0 Å². The van der Waals surface area contributed by atoms with Gasteiger partial charge in [-0.3, -0.25) is 0 Å². The summed E-state index contributed by atoms with van der Waals surface area (Å²) >= 11 is 0. The second kappa shape index (κ2) is 13.0. The molecular formula is C57H35N. The standard InChI is InChI=1S/C57H35N/c1-3-13-38-32-44(26-21-36(38)11-1)55-49-17-6-7-18-50(49)56(45-27-22-37-12-2-4-14-39(37)33-45)53-35-43(29-30-51(53)55)41-23-24-42-34-46(28-25-40(42)31-41)57-52-19-8-5-15-47(52)48-16-9-10-20-54(48)58-57/h1-35H. The van der Waals surface area contributed by atoms with Crippen LogP contribution >= 0.6 is 0 Å². The van der Waals surface area contributed by atoms with Gasteiger partial charge in [-0.05, 0) is 129 Å². The molecule has 1 nitrogen and oxygen atoms in total. The van der Waals surface area contributed by atoms with Crippen LogP contribution in [-0.4, -0.2) is 4.98 Å². The fourth-order valence-electron chi connectivity index (χ4n) is 9.37. The van der Waals surface area contributed by atoms with Crippen LogP contribution < -0.4 is 0 Å². The molecule has 0 saturated heterocycles. The molecule has 0 amide bonds. The van der Waals surface area contributed by atoms with Crippen LogP contribution in [0.3, 0.4) is 0 Å². The summed E-state index contributed by atoms with van der Waals surface area (Å²) in [5.41, 5.74) is 10.5. The van der Waals surface area contributed by atoms with Gasteiger partial charge in [-0.15, -0.1) is 0 Å². The average molecular weight is 734 g/mol. The lowest BCUT2D eigenvalue weighted by Crippen LogP contribution is -1.92. The van der Waals surface area contributed by atoms with Crippen molar-refractivity contribution in [2.75, 3.05) is 0 Å². The zero-order chi connectivity index (χ0) is 38.2. The number of fused-ring (bicyclic) bond motifs is 8. The van der Waals surface area contributed by atoms with Crippen molar-refractivity contribution in [2.24, 2.45) is 0 Å². The maximum atomic E-state index is 5.19. The molecule has 0 atom stereocenters. The Balaban J connectivity index is 1.06. The first kappa shape index (κ1) is 32.6. The van der Waals surface area contributed by atoms with Crippen LogP contribution in [0.25, 0.3) is 120 Å². The number of benzene rings is 11. The number of hydrogen-bond acceptors (Lipinski definition) is 1. The third kappa shape index (κ3) is 5.21. The third-order valence-electron chi connectivity index (χ3n) is 12.2. The molecule has 58 heavy (non-hydrogen) atoms. The van der Waals surface area contributed by atoms with Gasteiger partial charge in [0.1, 0.15) is 0 Å². The molecule has 0 N–H and O–H groups in total. The second-order valence-electron chi connectivity index (χ2n) is 15.5. The van der Waals surface area contributed by atoms with E-state index in [4.69, 9.17) is 4.98 Å². The highest BCUT2D eigenvalue weighted by Gasteiger charge is 2.19. The zero-order valence-corrected chi connectivity index (χ0v) is 31.7. The number of pyridine rings is 1. The van der Waals surface area contributed by atoms with Crippen LogP contribution in [0.15, 0.2) is 212 Å². The first-order valence-corrected chi connectivity index (χ1v) is 20.0. The number of para-hydroxylation sites is 1. The van der Waals surface area contributed by atoms with Crippen LogP contribution in [-0.2, 0) is 0 Å². The zero-order valence-electron chi connectivity index (χ0n) is 31.7. The lowest BCUT2D eigenvalue weighted by atomic mass is 9.84. The van der Waals surface area contributed by atoms with Gasteiger partial charge in [-0.2, -0.15) is 0 Å². The van der Waals surface area contributed by atoms with E-state index in [2.05, 4.69) is 212 Å². The first-order chi connectivity index (χ1) is 28.7. The molecule has 1 heterocycles. The van der Waals surface area contributed by atoms with Crippen molar-refractivity contribution in [3.8, 4) is 44.6 Å². The van der Waals surface area contributed by atoms with Gasteiger partial charge in [0.2, 0.25) is 0 Å². The van der Waals surface area contributed by atoms with Crippen molar-refractivity contribution < 1.29 is 0 Å². The Morgan fingerprint density at radius 2 is 0.621 bits per heavy atom. The van der Waals surface area contributed by atoms with Crippen molar-refractivity contribution in [2.45, 2.75) is 0 Å². The minimum Gasteiger partial charge on any atom is -0.247 e. The number of aromatic nitrogens is 1. The van der Waals surface area contributed by atoms with E-state index in [-0.39, 0.29) is 0 Å². The molecular weight excluding hydrogens is 699 g/mol. The predicted octanol–water partition coefficient (Wildman–Crippen LogP) is 15.8. The maximum absolute atomic E-state index is 5.19. The monoisotopic (exact) mass is 733 g/mol. The normalized spacial score (nSPS) is 11.8. The van der Waals surface area contributed by atoms with Gasteiger partial charge in [0.15, 0.2) is 0 Å². The fourth-order valence-corrected chi connectivity index (χ4v) is 9.37. The molecule has 0 fully saturated rings. The summed E-state index contributed by atoms with van der Waals surface area (Å²) in [5.74, 6) is 0. The van der Waals surface area contributed by atoms with Gasteiger partial charge in [0.05, 0.1) is 11.2 Å². The highest BCUT2D eigenvalue weighted by molar-refractivity contribution is 6.23. The molecule has 0 unspecified atom stereocenters. The smallest absolute Gasteiger partial charge is 0.0788 e. The minimum atomic E-state index is 1.02. The van der Waals surface area contributed by atoms with Crippen molar-refractivity contribution in [1.29, 1.82) is 0 Å². The summed E-state index contributed by atoms with van der Waals surface area (Å²) < 4.78 is 0. The minimum absolute atomic E-state index is 1.02. The molecule has 0 spiro atoms. The Bertz CT molecular complexity index is 3630. The number of rotatable bonds is 4. The summed E-state index contributed by atoms with van der Waals surface area (Å²) in [5, 5.41) is 16.0. The van der Waals surface area contributed by atoms with E-state index in [0.29, 0.717) is 0 Å². The predicted molar refractivity (Wildman–Crippen MR) is 249 cm³/mol. The molecule has 0 aliphatic rings. The summed E-state index contributed by atoms with van der Waals surface area (Å²) in [6.45, 7) is 0. The molecule has 1 aromatic heterocycles. The Hall–Kier alpha value is -7.61. The third-order valence-corrected chi connectivity index (χ3v) is 12.2. The summed E-state index contributed by atoms with van der Waals surface area (Å²) in [4.78, 5) is 5.19. The second-order valence-corrected chi connectivity index (χ2v) is 15.5. The van der Waals surface area contributed by atoms with Crippen molar-refractivity contribution in [3.05, 3.63) is 212 Å². The molecule has 0 radical (unpaired) electrons. The van der Waals surface area contributed by atoms with E-state index in [1.54, 1.807) is 0 Å². The van der Waals surface area contributed by atoms with Gasteiger partial charge in [-0.25, -0.2) is 4.98 Å². The molecule has 1 heteroatoms. The Morgan fingerprint density at radius 3 is 1.29 bits per heavy atom. The molecule has 0 bridgehead atoms. The molecule has 12 rings (SSSR count). The molecule has 0 saturated carbocycles. The van der Waals surface area contributed by atoms with Crippen molar-refractivity contribution in [1.82, 2.24) is 4.98 Å². The van der Waals surface area contributed by atoms with Crippen LogP contribution in [0.4, 0.5) is 0 Å². The largest absolute Gasteiger partial charge is 0.247 e. The van der Waals surface area contributed by atoms with Crippen molar-refractivity contribution >= 4 is 75.5 Å². The van der Waals surface area contributed by atoms with E-state index in [1.165, 1.54) is 103 Å². The topological polar surface area (TPSA) is 12.9 Å². The quantitative estimate of drug-likeness (QED) is 0.130. The molecule has 0 aliphatic carbocycles.